The van der Waals surface area contributed by atoms with Crippen LogP contribution in [0.15, 0.2) is 53.1 Å². The van der Waals surface area contributed by atoms with Gasteiger partial charge < -0.3 is 14.3 Å². The number of ether oxygens (including phenoxy) is 1. The monoisotopic (exact) mass is 310 g/mol. The van der Waals surface area contributed by atoms with Crippen molar-refractivity contribution < 1.29 is 23.8 Å². The maximum Gasteiger partial charge on any atom is 0.178 e. The molecule has 1 N–H and O–H groups in total. The second-order valence-electron chi connectivity index (χ2n) is 5.03. The van der Waals surface area contributed by atoms with E-state index in [1.54, 1.807) is 36.4 Å². The first-order chi connectivity index (χ1) is 11.1. The van der Waals surface area contributed by atoms with Crippen molar-refractivity contribution in [3.05, 3.63) is 59.9 Å². The molecule has 0 amide bonds. The average Bonchev–Trinajstić information content (AvgIpc) is 3.02. The number of methoxy groups -OCH3 is 1. The minimum absolute atomic E-state index is 0.00863. The molecule has 0 bridgehead atoms. The molecule has 0 aliphatic heterocycles. The van der Waals surface area contributed by atoms with Gasteiger partial charge in [-0.2, -0.15) is 0 Å². The van der Waals surface area contributed by atoms with Gasteiger partial charge >= 0.3 is 0 Å². The molecule has 0 radical (unpaired) electrons. The molecule has 2 aromatic carbocycles. The normalized spacial score (nSPS) is 10.7. The third kappa shape index (κ3) is 2.68. The summed E-state index contributed by atoms with van der Waals surface area (Å²) in [4.78, 5) is 24.7. The number of furan rings is 1. The highest BCUT2D eigenvalue weighted by Gasteiger charge is 2.24. The van der Waals surface area contributed by atoms with Crippen LogP contribution >= 0.6 is 0 Å². The van der Waals surface area contributed by atoms with Crippen molar-refractivity contribution in [1.82, 2.24) is 0 Å². The Bertz CT molecular complexity index is 877. The van der Waals surface area contributed by atoms with Crippen LogP contribution in [0, 0.1) is 0 Å². The number of phenolic OH excluding ortho intramolecular Hbond substituents is 1. The number of hydrogen-bond acceptors (Lipinski definition) is 5. The van der Waals surface area contributed by atoms with Gasteiger partial charge in [-0.25, -0.2) is 0 Å². The number of Topliss-reactive ketones (excluding diaryl/α,β-unsaturated/α-hetero) is 2. The number of rotatable bonds is 5. The van der Waals surface area contributed by atoms with Crippen LogP contribution in [0.5, 0.6) is 11.5 Å². The Labute approximate surface area is 132 Å². The lowest BCUT2D eigenvalue weighted by molar-refractivity contribution is 0.0891. The molecule has 0 aliphatic rings. The van der Waals surface area contributed by atoms with E-state index in [2.05, 4.69) is 0 Å². The molecule has 23 heavy (non-hydrogen) atoms. The van der Waals surface area contributed by atoms with Crippen LogP contribution in [0.3, 0.4) is 0 Å². The smallest absolute Gasteiger partial charge is 0.178 e. The maximum absolute atomic E-state index is 12.5. The highest BCUT2D eigenvalue weighted by atomic mass is 16.5. The number of ketones is 2. The van der Waals surface area contributed by atoms with Crippen molar-refractivity contribution in [2.45, 2.75) is 6.42 Å². The van der Waals surface area contributed by atoms with Gasteiger partial charge in [0.05, 0.1) is 25.2 Å². The largest absolute Gasteiger partial charge is 0.507 e. The van der Waals surface area contributed by atoms with Crippen molar-refractivity contribution in [2.24, 2.45) is 0 Å². The van der Waals surface area contributed by atoms with Gasteiger partial charge in [-0.3, -0.25) is 9.59 Å². The standard InChI is InChI=1S/C18H14O5/c1-22-18-12-7-8-23-16(12)10-15(21)17(18)14(20)9-13(19)11-5-3-2-4-6-11/h2-8,10,21H,9H2,1H3. The van der Waals surface area contributed by atoms with Crippen molar-refractivity contribution in [3.63, 3.8) is 0 Å². The van der Waals surface area contributed by atoms with Crippen molar-refractivity contribution in [2.75, 3.05) is 7.11 Å². The molecule has 1 aromatic heterocycles. The highest BCUT2D eigenvalue weighted by Crippen LogP contribution is 2.37. The average molecular weight is 310 g/mol. The number of fused-ring (bicyclic) bond motifs is 1. The molecule has 5 heteroatoms. The van der Waals surface area contributed by atoms with Gasteiger partial charge in [0.15, 0.2) is 11.6 Å². The van der Waals surface area contributed by atoms with Gasteiger partial charge in [0, 0.05) is 11.6 Å². The molecule has 5 nitrogen and oxygen atoms in total. The first kappa shape index (κ1) is 14.8. The van der Waals surface area contributed by atoms with Crippen LogP contribution in [0.4, 0.5) is 0 Å². The van der Waals surface area contributed by atoms with E-state index in [0.29, 0.717) is 16.5 Å². The van der Waals surface area contributed by atoms with Crippen molar-refractivity contribution in [1.29, 1.82) is 0 Å². The highest BCUT2D eigenvalue weighted by molar-refractivity contribution is 6.17. The minimum Gasteiger partial charge on any atom is -0.507 e. The van der Waals surface area contributed by atoms with Crippen LogP contribution in [0.2, 0.25) is 0 Å². The summed E-state index contributed by atoms with van der Waals surface area (Å²) in [5, 5.41) is 10.7. The van der Waals surface area contributed by atoms with Crippen molar-refractivity contribution in [3.8, 4) is 11.5 Å². The van der Waals surface area contributed by atoms with Crippen LogP contribution in [0.25, 0.3) is 11.0 Å². The molecule has 3 aromatic rings. The number of carbonyl (C=O) groups excluding carboxylic acids is 2. The van der Waals surface area contributed by atoms with E-state index < -0.39 is 5.78 Å². The summed E-state index contributed by atoms with van der Waals surface area (Å²) in [7, 11) is 1.40. The molecule has 0 spiro atoms. The first-order valence-corrected chi connectivity index (χ1v) is 7.00. The SMILES string of the molecule is COc1c(C(=O)CC(=O)c2ccccc2)c(O)cc2occc12. The van der Waals surface area contributed by atoms with Gasteiger partial charge in [0.1, 0.15) is 22.6 Å². The van der Waals surface area contributed by atoms with Crippen LogP contribution in [0.1, 0.15) is 27.1 Å². The number of hydrogen-bond donors (Lipinski definition) is 1. The zero-order valence-corrected chi connectivity index (χ0v) is 12.4. The summed E-state index contributed by atoms with van der Waals surface area (Å²) >= 11 is 0. The Morgan fingerprint density at radius 3 is 2.57 bits per heavy atom. The zero-order valence-electron chi connectivity index (χ0n) is 12.4. The quantitative estimate of drug-likeness (QED) is 0.575. The lowest BCUT2D eigenvalue weighted by Gasteiger charge is -2.10. The molecule has 0 aliphatic carbocycles. The molecule has 0 saturated heterocycles. The second-order valence-corrected chi connectivity index (χ2v) is 5.03. The van der Waals surface area contributed by atoms with Gasteiger partial charge in [-0.05, 0) is 6.07 Å². The minimum atomic E-state index is -0.503. The van der Waals surface area contributed by atoms with Crippen LogP contribution < -0.4 is 4.74 Å². The predicted molar refractivity (Wildman–Crippen MR) is 84.2 cm³/mol. The molecule has 116 valence electrons. The lowest BCUT2D eigenvalue weighted by atomic mass is 9.99. The van der Waals surface area contributed by atoms with E-state index in [-0.39, 0.29) is 29.3 Å². The molecule has 1 heterocycles. The predicted octanol–water partition coefficient (Wildman–Crippen LogP) is 3.60. The van der Waals surface area contributed by atoms with Crippen molar-refractivity contribution >= 4 is 22.5 Å². The molecule has 0 fully saturated rings. The van der Waals surface area contributed by atoms with E-state index in [9.17, 15) is 14.7 Å². The summed E-state index contributed by atoms with van der Waals surface area (Å²) in [5.74, 6) is -0.879. The van der Waals surface area contributed by atoms with Crippen LogP contribution in [-0.2, 0) is 0 Å². The fourth-order valence-electron chi connectivity index (χ4n) is 2.51. The maximum atomic E-state index is 12.5. The third-order valence-electron chi connectivity index (χ3n) is 3.59. The van der Waals surface area contributed by atoms with Gasteiger partial charge in [-0.1, -0.05) is 30.3 Å². The number of aromatic hydroxyl groups is 1. The van der Waals surface area contributed by atoms with Crippen LogP contribution in [-0.4, -0.2) is 23.8 Å². The summed E-state index contributed by atoms with van der Waals surface area (Å²) in [6, 6.07) is 11.5. The fourth-order valence-corrected chi connectivity index (χ4v) is 2.51. The van der Waals surface area contributed by atoms with E-state index >= 15 is 0 Å². The molecule has 0 saturated carbocycles. The first-order valence-electron chi connectivity index (χ1n) is 7.00. The zero-order chi connectivity index (χ0) is 16.4. The molecule has 3 rings (SSSR count). The summed E-state index contributed by atoms with van der Waals surface area (Å²) in [6.45, 7) is 0. The summed E-state index contributed by atoms with van der Waals surface area (Å²) in [6.07, 6.45) is 1.09. The molecular formula is C18H14O5. The Balaban J connectivity index is 1.98. The van der Waals surface area contributed by atoms with Gasteiger partial charge in [0.25, 0.3) is 0 Å². The van der Waals surface area contributed by atoms with E-state index in [0.717, 1.165) is 0 Å². The Morgan fingerprint density at radius 2 is 1.87 bits per heavy atom. The van der Waals surface area contributed by atoms with E-state index in [4.69, 9.17) is 9.15 Å². The Hall–Kier alpha value is -3.08. The van der Waals surface area contributed by atoms with Gasteiger partial charge in [-0.15, -0.1) is 0 Å². The summed E-state index contributed by atoms with van der Waals surface area (Å²) in [5.41, 5.74) is 0.847. The van der Waals surface area contributed by atoms with Gasteiger partial charge in [0.2, 0.25) is 0 Å². The topological polar surface area (TPSA) is 76.7 Å². The number of phenols is 1. The Morgan fingerprint density at radius 1 is 1.13 bits per heavy atom. The van der Waals surface area contributed by atoms with E-state index in [1.165, 1.54) is 19.4 Å². The summed E-state index contributed by atoms with van der Waals surface area (Å²) < 4.78 is 10.5. The third-order valence-corrected chi connectivity index (χ3v) is 3.59. The number of carbonyl (C=O) groups is 2. The Kier molecular flexibility index (Phi) is 3.85. The number of benzene rings is 2. The second kappa shape index (κ2) is 5.96. The van der Waals surface area contributed by atoms with E-state index in [1.807, 2.05) is 0 Å². The molecule has 0 unspecified atom stereocenters. The molecule has 0 atom stereocenters. The molecular weight excluding hydrogens is 296 g/mol. The fraction of sp³-hybridized carbons (Fsp3) is 0.111. The lowest BCUT2D eigenvalue weighted by Crippen LogP contribution is -2.10.